The first-order valence-corrected chi connectivity index (χ1v) is 7.06. The number of carbonyl (C=O) groups excluding carboxylic acids is 1. The van der Waals surface area contributed by atoms with Gasteiger partial charge in [-0.05, 0) is 20.8 Å². The second-order valence-electron chi connectivity index (χ2n) is 5.29. The smallest absolute Gasteiger partial charge is 0.274 e. The Hall–Kier alpha value is -3.04. The maximum atomic E-state index is 12.1. The van der Waals surface area contributed by atoms with Crippen molar-refractivity contribution in [2.45, 2.75) is 33.2 Å². The number of hydrogen-bond acceptors (Lipinski definition) is 6. The molecule has 10 heteroatoms. The van der Waals surface area contributed by atoms with E-state index in [0.717, 1.165) is 0 Å². The molecule has 3 N–H and O–H groups in total. The van der Waals surface area contributed by atoms with Crippen molar-refractivity contribution in [1.29, 1.82) is 0 Å². The Bertz CT molecular complexity index is 922. The molecule has 0 spiro atoms. The zero-order valence-electron chi connectivity index (χ0n) is 12.9. The molecule has 0 saturated heterocycles. The fourth-order valence-electron chi connectivity index (χ4n) is 2.18. The third kappa shape index (κ3) is 3.10. The lowest BCUT2D eigenvalue weighted by Gasteiger charge is -2.09. The van der Waals surface area contributed by atoms with Crippen LogP contribution in [0.25, 0.3) is 5.78 Å². The maximum Gasteiger partial charge on any atom is 0.274 e. The van der Waals surface area contributed by atoms with Crippen molar-refractivity contribution in [3.05, 3.63) is 39.6 Å². The van der Waals surface area contributed by atoms with Gasteiger partial charge < -0.3 is 5.32 Å². The molecular formula is C13H16N8O2. The van der Waals surface area contributed by atoms with Crippen LogP contribution in [0.2, 0.25) is 0 Å². The maximum absolute atomic E-state index is 12.1. The highest BCUT2D eigenvalue weighted by atomic mass is 16.2. The number of rotatable bonds is 4. The van der Waals surface area contributed by atoms with Crippen LogP contribution < -0.4 is 10.9 Å². The first-order valence-electron chi connectivity index (χ1n) is 7.06. The van der Waals surface area contributed by atoms with E-state index in [9.17, 15) is 9.59 Å². The molecule has 10 nitrogen and oxygen atoms in total. The van der Waals surface area contributed by atoms with Crippen LogP contribution in [0.1, 0.15) is 36.1 Å². The van der Waals surface area contributed by atoms with E-state index in [1.807, 2.05) is 0 Å². The van der Waals surface area contributed by atoms with E-state index in [4.69, 9.17) is 0 Å². The summed E-state index contributed by atoms with van der Waals surface area (Å²) in [5, 5.41) is 12.3. The summed E-state index contributed by atoms with van der Waals surface area (Å²) < 4.78 is 1.21. The second kappa shape index (κ2) is 5.63. The number of H-pyrrole nitrogens is 2. The molecule has 0 aliphatic heterocycles. The predicted octanol–water partition coefficient (Wildman–Crippen LogP) is -0.428. The van der Waals surface area contributed by atoms with Gasteiger partial charge in [-0.25, -0.2) is 9.97 Å². The Balaban J connectivity index is 1.73. The van der Waals surface area contributed by atoms with E-state index in [-0.39, 0.29) is 29.7 Å². The summed E-state index contributed by atoms with van der Waals surface area (Å²) in [5.74, 6) is 1.53. The quantitative estimate of drug-likeness (QED) is 0.598. The van der Waals surface area contributed by atoms with Crippen molar-refractivity contribution in [3.8, 4) is 0 Å². The second-order valence-corrected chi connectivity index (χ2v) is 5.29. The van der Waals surface area contributed by atoms with E-state index in [2.05, 4.69) is 35.6 Å². The van der Waals surface area contributed by atoms with Crippen LogP contribution in [0.4, 0.5) is 0 Å². The molecule has 23 heavy (non-hydrogen) atoms. The Morgan fingerprint density at radius 1 is 1.35 bits per heavy atom. The molecule has 0 bridgehead atoms. The monoisotopic (exact) mass is 316 g/mol. The van der Waals surface area contributed by atoms with Gasteiger partial charge >= 0.3 is 0 Å². The Morgan fingerprint density at radius 3 is 2.83 bits per heavy atom. The summed E-state index contributed by atoms with van der Waals surface area (Å²) in [7, 11) is 0. The number of fused-ring (bicyclic) bond motifs is 1. The standard InChI is InChI=1S/C13H16N8O2/c1-6-4-11(23)21-13(14-6)17-9(20-21)5-10(22)15-7(2)12-16-8(3)18-19-12/h4,7H,5H2,1-3H3,(H,15,22)(H,14,17,20)(H,16,18,19)/t7-/m0/s1. The third-order valence-corrected chi connectivity index (χ3v) is 3.21. The highest BCUT2D eigenvalue weighted by Crippen LogP contribution is 2.06. The Morgan fingerprint density at radius 2 is 2.13 bits per heavy atom. The number of hydrogen-bond donors (Lipinski definition) is 3. The topological polar surface area (TPSA) is 134 Å². The van der Waals surface area contributed by atoms with Crippen LogP contribution in [0, 0.1) is 13.8 Å². The minimum absolute atomic E-state index is 0.00437. The van der Waals surface area contributed by atoms with Gasteiger partial charge in [-0.2, -0.15) is 14.6 Å². The lowest BCUT2D eigenvalue weighted by atomic mass is 10.3. The van der Waals surface area contributed by atoms with E-state index in [0.29, 0.717) is 23.2 Å². The van der Waals surface area contributed by atoms with Gasteiger partial charge in [0.1, 0.15) is 11.6 Å². The van der Waals surface area contributed by atoms with Gasteiger partial charge in [0.05, 0.1) is 12.5 Å². The summed E-state index contributed by atoms with van der Waals surface area (Å²) in [5.41, 5.74) is 0.308. The van der Waals surface area contributed by atoms with Crippen molar-refractivity contribution < 1.29 is 4.79 Å². The van der Waals surface area contributed by atoms with Crippen molar-refractivity contribution in [3.63, 3.8) is 0 Å². The van der Waals surface area contributed by atoms with E-state index in [1.54, 1.807) is 20.8 Å². The summed E-state index contributed by atoms with van der Waals surface area (Å²) in [4.78, 5) is 36.3. The number of carbonyl (C=O) groups is 1. The highest BCUT2D eigenvalue weighted by molar-refractivity contribution is 5.78. The van der Waals surface area contributed by atoms with Gasteiger partial charge in [-0.1, -0.05) is 0 Å². The molecule has 3 rings (SSSR count). The predicted molar refractivity (Wildman–Crippen MR) is 79.7 cm³/mol. The van der Waals surface area contributed by atoms with Gasteiger partial charge in [0.25, 0.3) is 11.3 Å². The molecule has 0 radical (unpaired) electrons. The summed E-state index contributed by atoms with van der Waals surface area (Å²) in [6.07, 6.45) is -0.00437. The van der Waals surface area contributed by atoms with Crippen LogP contribution >= 0.6 is 0 Å². The first kappa shape index (κ1) is 14.9. The number of amides is 1. The van der Waals surface area contributed by atoms with Crippen molar-refractivity contribution >= 4 is 11.7 Å². The molecule has 3 aromatic rings. The minimum atomic E-state index is -0.333. The van der Waals surface area contributed by atoms with Gasteiger partial charge in [0.2, 0.25) is 5.91 Å². The number of nitrogens with zero attached hydrogens (tertiary/aromatic N) is 5. The average molecular weight is 316 g/mol. The van der Waals surface area contributed by atoms with Crippen molar-refractivity contribution in [2.75, 3.05) is 0 Å². The van der Waals surface area contributed by atoms with E-state index in [1.165, 1.54) is 10.6 Å². The van der Waals surface area contributed by atoms with Gasteiger partial charge in [0, 0.05) is 11.8 Å². The van der Waals surface area contributed by atoms with Crippen LogP contribution in [0.15, 0.2) is 10.9 Å². The van der Waals surface area contributed by atoms with E-state index < -0.39 is 0 Å². The van der Waals surface area contributed by atoms with Crippen molar-refractivity contribution in [2.24, 2.45) is 0 Å². The largest absolute Gasteiger partial charge is 0.346 e. The zero-order chi connectivity index (χ0) is 16.6. The molecule has 1 amide bonds. The van der Waals surface area contributed by atoms with Gasteiger partial charge in [-0.15, -0.1) is 0 Å². The summed E-state index contributed by atoms with van der Waals surface area (Å²) >= 11 is 0. The van der Waals surface area contributed by atoms with Crippen LogP contribution in [0.3, 0.4) is 0 Å². The van der Waals surface area contributed by atoms with Crippen LogP contribution in [-0.4, -0.2) is 40.7 Å². The molecule has 0 fully saturated rings. The number of nitrogens with one attached hydrogen (secondary N) is 3. The fourth-order valence-corrected chi connectivity index (χ4v) is 2.18. The number of aryl methyl sites for hydroxylation is 2. The Labute approximate surface area is 130 Å². The first-order chi connectivity index (χ1) is 10.9. The lowest BCUT2D eigenvalue weighted by molar-refractivity contribution is -0.121. The molecular weight excluding hydrogens is 300 g/mol. The molecule has 0 aromatic carbocycles. The average Bonchev–Trinajstić information content (AvgIpc) is 3.04. The molecule has 120 valence electrons. The Kier molecular flexibility index (Phi) is 3.64. The molecule has 0 aliphatic carbocycles. The molecule has 0 saturated carbocycles. The molecule has 3 aromatic heterocycles. The molecule has 1 atom stereocenters. The molecule has 0 aliphatic rings. The van der Waals surface area contributed by atoms with Crippen molar-refractivity contribution in [1.82, 2.24) is 40.1 Å². The normalized spacial score (nSPS) is 12.5. The van der Waals surface area contributed by atoms with Crippen LogP contribution in [0.5, 0.6) is 0 Å². The molecule has 3 heterocycles. The lowest BCUT2D eigenvalue weighted by Crippen LogP contribution is -2.29. The molecule has 0 unspecified atom stereocenters. The third-order valence-electron chi connectivity index (χ3n) is 3.21. The number of aromatic nitrogens is 7. The van der Waals surface area contributed by atoms with Gasteiger partial charge in [0.15, 0.2) is 5.82 Å². The summed E-state index contributed by atoms with van der Waals surface area (Å²) in [6, 6.07) is 1.06. The van der Waals surface area contributed by atoms with Gasteiger partial charge in [-0.3, -0.25) is 19.8 Å². The fraction of sp³-hybridized carbons (Fsp3) is 0.385. The highest BCUT2D eigenvalue weighted by Gasteiger charge is 2.16. The van der Waals surface area contributed by atoms with E-state index >= 15 is 0 Å². The van der Waals surface area contributed by atoms with Crippen LogP contribution in [-0.2, 0) is 11.2 Å². The summed E-state index contributed by atoms with van der Waals surface area (Å²) in [6.45, 7) is 5.28. The SMILES string of the molecule is Cc1cc(=O)n2[nH]c(CC(=O)N[C@@H](C)c3n[nH]c(C)n3)nc2n1. The number of aromatic amines is 2. The minimum Gasteiger partial charge on any atom is -0.346 e. The zero-order valence-corrected chi connectivity index (χ0v) is 12.9.